The number of carbonyl (C=O) groups is 1. The maximum absolute atomic E-state index is 11.3. The van der Waals surface area contributed by atoms with Crippen molar-refractivity contribution in [2.75, 3.05) is 32.7 Å². The van der Waals surface area contributed by atoms with Crippen LogP contribution in [0.3, 0.4) is 0 Å². The van der Waals surface area contributed by atoms with Crippen molar-refractivity contribution < 1.29 is 14.3 Å². The molecule has 7 heteroatoms. The number of amides is 1. The van der Waals surface area contributed by atoms with Crippen molar-refractivity contribution in [3.63, 3.8) is 0 Å². The molecular formula is C21H34N4O3. The van der Waals surface area contributed by atoms with Crippen LogP contribution in [0.5, 0.6) is 0 Å². The van der Waals surface area contributed by atoms with Gasteiger partial charge in [0.2, 0.25) is 0 Å². The summed E-state index contributed by atoms with van der Waals surface area (Å²) in [6.45, 7) is 10.1. The van der Waals surface area contributed by atoms with E-state index in [0.717, 1.165) is 51.3 Å². The average molecular weight is 391 g/mol. The molecule has 3 unspecified atom stereocenters. The predicted octanol–water partition coefficient (Wildman–Crippen LogP) is 3.13. The van der Waals surface area contributed by atoms with Crippen LogP contribution in [0.4, 0.5) is 4.79 Å². The van der Waals surface area contributed by atoms with E-state index in [-0.39, 0.29) is 5.41 Å². The van der Waals surface area contributed by atoms with Crippen LogP contribution in [-0.4, -0.2) is 75.7 Å². The van der Waals surface area contributed by atoms with Crippen molar-refractivity contribution in [1.29, 1.82) is 0 Å². The molecule has 3 aliphatic rings. The van der Waals surface area contributed by atoms with Gasteiger partial charge in [0, 0.05) is 25.2 Å². The van der Waals surface area contributed by atoms with Crippen LogP contribution in [0.1, 0.15) is 51.7 Å². The molecule has 2 saturated heterocycles. The highest BCUT2D eigenvalue weighted by Crippen LogP contribution is 2.56. The molecule has 28 heavy (non-hydrogen) atoms. The summed E-state index contributed by atoms with van der Waals surface area (Å²) in [5.74, 6) is 1.59. The Labute approximate surface area is 167 Å². The van der Waals surface area contributed by atoms with Gasteiger partial charge < -0.3 is 14.4 Å². The Hall–Kier alpha value is -1.60. The van der Waals surface area contributed by atoms with Crippen LogP contribution < -0.4 is 0 Å². The van der Waals surface area contributed by atoms with Crippen molar-refractivity contribution in [3.05, 3.63) is 18.4 Å². The van der Waals surface area contributed by atoms with E-state index in [1.807, 2.05) is 6.20 Å². The fourth-order valence-electron chi connectivity index (χ4n) is 6.18. The second kappa shape index (κ2) is 8.03. The molecule has 1 N–H and O–H groups in total. The first kappa shape index (κ1) is 19.7. The SMILES string of the molecule is CCC1C(N2CCC(N(CC)Cc3cnco3)CC2)CC12CCN(C(=O)O)C2. The van der Waals surface area contributed by atoms with Crippen molar-refractivity contribution in [2.45, 2.75) is 64.6 Å². The first-order valence-corrected chi connectivity index (χ1v) is 10.9. The summed E-state index contributed by atoms with van der Waals surface area (Å²) in [5.41, 5.74) is 0.246. The molecule has 3 heterocycles. The summed E-state index contributed by atoms with van der Waals surface area (Å²) in [6, 6.07) is 1.25. The van der Waals surface area contributed by atoms with Crippen LogP contribution in [0.2, 0.25) is 0 Å². The molecule has 2 aliphatic heterocycles. The van der Waals surface area contributed by atoms with Crippen molar-refractivity contribution in [1.82, 2.24) is 19.7 Å². The molecule has 3 atom stereocenters. The van der Waals surface area contributed by atoms with E-state index in [9.17, 15) is 9.90 Å². The molecular weight excluding hydrogens is 356 g/mol. The van der Waals surface area contributed by atoms with Gasteiger partial charge in [0.1, 0.15) is 5.76 Å². The Bertz CT molecular complexity index is 659. The third-order valence-electron chi connectivity index (χ3n) is 7.70. The van der Waals surface area contributed by atoms with E-state index in [2.05, 4.69) is 28.6 Å². The summed E-state index contributed by atoms with van der Waals surface area (Å²) >= 11 is 0. The largest absolute Gasteiger partial charge is 0.465 e. The summed E-state index contributed by atoms with van der Waals surface area (Å²) in [4.78, 5) is 22.2. The Balaban J connectivity index is 1.31. The van der Waals surface area contributed by atoms with E-state index < -0.39 is 6.09 Å². The third kappa shape index (κ3) is 3.54. The van der Waals surface area contributed by atoms with Crippen LogP contribution in [0.25, 0.3) is 0 Å². The molecule has 0 aromatic carbocycles. The van der Waals surface area contributed by atoms with Crippen LogP contribution >= 0.6 is 0 Å². The van der Waals surface area contributed by atoms with E-state index in [0.29, 0.717) is 24.5 Å². The topological polar surface area (TPSA) is 73.1 Å². The number of nitrogens with zero attached hydrogens (tertiary/aromatic N) is 4. The van der Waals surface area contributed by atoms with Gasteiger partial charge in [-0.3, -0.25) is 9.80 Å². The van der Waals surface area contributed by atoms with E-state index >= 15 is 0 Å². The quantitative estimate of drug-likeness (QED) is 0.805. The van der Waals surface area contributed by atoms with Crippen LogP contribution in [0.15, 0.2) is 17.0 Å². The minimum absolute atomic E-state index is 0.246. The molecule has 0 radical (unpaired) electrons. The number of rotatable bonds is 6. The van der Waals surface area contributed by atoms with Gasteiger partial charge in [0.25, 0.3) is 0 Å². The fraction of sp³-hybridized carbons (Fsp3) is 0.810. The molecule has 1 saturated carbocycles. The standard InChI is InChI=1S/C21H34N4O3/c1-3-18-19(11-21(18)7-10-25(14-21)20(26)27)24-8-5-16(6-9-24)23(4-2)13-17-12-22-15-28-17/h12,15-16,18-19H,3-11,13-14H2,1-2H3,(H,26,27). The highest BCUT2D eigenvalue weighted by atomic mass is 16.4. The van der Waals surface area contributed by atoms with Crippen molar-refractivity contribution >= 4 is 6.09 Å². The molecule has 1 aromatic rings. The van der Waals surface area contributed by atoms with Gasteiger partial charge in [0.05, 0.1) is 12.7 Å². The van der Waals surface area contributed by atoms with Gasteiger partial charge in [-0.2, -0.15) is 0 Å². The van der Waals surface area contributed by atoms with Gasteiger partial charge in [-0.1, -0.05) is 20.3 Å². The molecule has 4 rings (SSSR count). The Morgan fingerprint density at radius 2 is 2.14 bits per heavy atom. The van der Waals surface area contributed by atoms with Crippen molar-refractivity contribution in [3.8, 4) is 0 Å². The summed E-state index contributed by atoms with van der Waals surface area (Å²) < 4.78 is 5.44. The lowest BCUT2D eigenvalue weighted by molar-refractivity contribution is -0.0827. The summed E-state index contributed by atoms with van der Waals surface area (Å²) in [5, 5.41) is 9.34. The van der Waals surface area contributed by atoms with Gasteiger partial charge in [-0.25, -0.2) is 9.78 Å². The highest BCUT2D eigenvalue weighted by molar-refractivity contribution is 5.65. The Kier molecular flexibility index (Phi) is 5.65. The summed E-state index contributed by atoms with van der Waals surface area (Å²) in [7, 11) is 0. The first-order valence-electron chi connectivity index (χ1n) is 10.9. The third-order valence-corrected chi connectivity index (χ3v) is 7.70. The van der Waals surface area contributed by atoms with E-state index in [4.69, 9.17) is 4.42 Å². The Morgan fingerprint density at radius 3 is 2.71 bits per heavy atom. The minimum Gasteiger partial charge on any atom is -0.465 e. The molecule has 156 valence electrons. The average Bonchev–Trinajstić information content (AvgIpc) is 3.36. The lowest BCUT2D eigenvalue weighted by atomic mass is 9.54. The molecule has 3 fully saturated rings. The zero-order valence-corrected chi connectivity index (χ0v) is 17.2. The lowest BCUT2D eigenvalue weighted by Crippen LogP contribution is -2.62. The molecule has 1 amide bonds. The number of oxazole rings is 1. The summed E-state index contributed by atoms with van der Waals surface area (Å²) in [6.07, 6.45) is 8.36. The highest BCUT2D eigenvalue weighted by Gasteiger charge is 2.57. The second-order valence-electron chi connectivity index (χ2n) is 8.90. The molecule has 7 nitrogen and oxygen atoms in total. The monoisotopic (exact) mass is 390 g/mol. The second-order valence-corrected chi connectivity index (χ2v) is 8.90. The van der Waals surface area contributed by atoms with Crippen LogP contribution in [0, 0.1) is 11.3 Å². The van der Waals surface area contributed by atoms with E-state index in [1.54, 1.807) is 4.90 Å². The molecule has 1 spiro atoms. The van der Waals surface area contributed by atoms with Crippen molar-refractivity contribution in [2.24, 2.45) is 11.3 Å². The Morgan fingerprint density at radius 1 is 1.36 bits per heavy atom. The number of aromatic nitrogens is 1. The van der Waals surface area contributed by atoms with Gasteiger partial charge in [-0.05, 0) is 56.7 Å². The molecule has 0 bridgehead atoms. The normalized spacial score (nSPS) is 31.6. The van der Waals surface area contributed by atoms with Crippen LogP contribution in [-0.2, 0) is 6.54 Å². The number of hydrogen-bond acceptors (Lipinski definition) is 5. The molecule has 1 aromatic heterocycles. The maximum Gasteiger partial charge on any atom is 0.407 e. The lowest BCUT2D eigenvalue weighted by Gasteiger charge is -2.58. The van der Waals surface area contributed by atoms with E-state index in [1.165, 1.54) is 25.7 Å². The minimum atomic E-state index is -0.748. The zero-order valence-electron chi connectivity index (χ0n) is 17.2. The predicted molar refractivity (Wildman–Crippen MR) is 106 cm³/mol. The number of hydrogen-bond donors (Lipinski definition) is 1. The van der Waals surface area contributed by atoms with Gasteiger partial charge >= 0.3 is 6.09 Å². The van der Waals surface area contributed by atoms with Gasteiger partial charge in [-0.15, -0.1) is 0 Å². The number of likely N-dealkylation sites (tertiary alicyclic amines) is 2. The maximum atomic E-state index is 11.3. The zero-order chi connectivity index (χ0) is 19.7. The fourth-order valence-corrected chi connectivity index (χ4v) is 6.18. The molecule has 1 aliphatic carbocycles. The number of piperidine rings is 1. The smallest absolute Gasteiger partial charge is 0.407 e. The first-order chi connectivity index (χ1) is 13.6. The number of carboxylic acid groups (broad SMARTS) is 1. The van der Waals surface area contributed by atoms with Gasteiger partial charge in [0.15, 0.2) is 6.39 Å².